The maximum absolute atomic E-state index is 10.0. The minimum absolute atomic E-state index is 0.00601. The maximum Gasteiger partial charge on any atom is 0.164 e. The Labute approximate surface area is 129 Å². The van der Waals surface area contributed by atoms with Crippen LogP contribution >= 0.6 is 0 Å². The lowest BCUT2D eigenvalue weighted by molar-refractivity contribution is 0.0293. The predicted octanol–water partition coefficient (Wildman–Crippen LogP) is 4.03. The minimum atomic E-state index is -0.436. The second kappa shape index (κ2) is 5.64. The highest BCUT2D eigenvalue weighted by atomic mass is 16.6. The molecule has 0 bridgehead atoms. The topological polar surface area (TPSA) is 58.9 Å². The van der Waals surface area contributed by atoms with Crippen molar-refractivity contribution in [3.63, 3.8) is 0 Å². The first-order valence-electron chi connectivity index (χ1n) is 7.20. The largest absolute Gasteiger partial charge is 0.508 e. The molecule has 0 radical (unpaired) electrons. The molecule has 0 amide bonds. The summed E-state index contributed by atoms with van der Waals surface area (Å²) < 4.78 is 11.9. The fourth-order valence-electron chi connectivity index (χ4n) is 2.59. The molecule has 0 aliphatic carbocycles. The van der Waals surface area contributed by atoms with Gasteiger partial charge in [0.1, 0.15) is 17.6 Å². The quantitative estimate of drug-likeness (QED) is 0.878. The molecule has 2 N–H and O–H groups in total. The monoisotopic (exact) mass is 298 g/mol. The number of hydrogen-bond acceptors (Lipinski definition) is 4. The Morgan fingerprint density at radius 3 is 2.55 bits per heavy atom. The van der Waals surface area contributed by atoms with Crippen LogP contribution in [0.3, 0.4) is 0 Å². The average Bonchev–Trinajstić information content (AvgIpc) is 2.48. The number of aromatic hydroxyl groups is 2. The molecule has 2 aromatic carbocycles. The van der Waals surface area contributed by atoms with E-state index in [0.717, 1.165) is 5.56 Å². The molecule has 4 nitrogen and oxygen atoms in total. The van der Waals surface area contributed by atoms with Crippen LogP contribution in [0, 0.1) is 0 Å². The fraction of sp³-hybridized carbons (Fsp3) is 0.222. The van der Waals surface area contributed by atoms with Crippen LogP contribution in [-0.2, 0) is 0 Å². The third kappa shape index (κ3) is 2.60. The smallest absolute Gasteiger partial charge is 0.164 e. The lowest BCUT2D eigenvalue weighted by Gasteiger charge is -2.32. The van der Waals surface area contributed by atoms with Crippen LogP contribution in [0.5, 0.6) is 23.0 Å². The SMILES string of the molecule is C/C=C/c1ccc2c(c1)O[C@@H](c1ccc(O)cc1O)[C@@H](C)O2. The van der Waals surface area contributed by atoms with Crippen LogP contribution < -0.4 is 9.47 Å². The molecule has 22 heavy (non-hydrogen) atoms. The van der Waals surface area contributed by atoms with Crippen LogP contribution in [0.1, 0.15) is 31.1 Å². The molecule has 3 rings (SSSR count). The summed E-state index contributed by atoms with van der Waals surface area (Å²) in [4.78, 5) is 0. The Balaban J connectivity index is 1.97. The number of benzene rings is 2. The van der Waals surface area contributed by atoms with Gasteiger partial charge < -0.3 is 19.7 Å². The summed E-state index contributed by atoms with van der Waals surface area (Å²) in [5.41, 5.74) is 1.61. The molecule has 0 unspecified atom stereocenters. The number of phenolic OH excluding ortho intramolecular Hbond substituents is 2. The van der Waals surface area contributed by atoms with Gasteiger partial charge in [-0.3, -0.25) is 0 Å². The van der Waals surface area contributed by atoms with Gasteiger partial charge in [0.05, 0.1) is 0 Å². The Bertz CT molecular complexity index is 721. The van der Waals surface area contributed by atoms with E-state index in [9.17, 15) is 10.2 Å². The van der Waals surface area contributed by atoms with E-state index in [1.54, 1.807) is 6.07 Å². The van der Waals surface area contributed by atoms with Gasteiger partial charge in [-0.15, -0.1) is 0 Å². The Kier molecular flexibility index (Phi) is 3.67. The van der Waals surface area contributed by atoms with Crippen LogP contribution in [-0.4, -0.2) is 16.3 Å². The molecule has 114 valence electrons. The van der Waals surface area contributed by atoms with Gasteiger partial charge in [0.15, 0.2) is 17.6 Å². The normalized spacial score (nSPS) is 20.3. The predicted molar refractivity (Wildman–Crippen MR) is 84.4 cm³/mol. The van der Waals surface area contributed by atoms with Gasteiger partial charge in [0.2, 0.25) is 0 Å². The number of rotatable bonds is 2. The van der Waals surface area contributed by atoms with Crippen molar-refractivity contribution < 1.29 is 19.7 Å². The first-order chi connectivity index (χ1) is 10.6. The van der Waals surface area contributed by atoms with Crippen LogP contribution in [0.2, 0.25) is 0 Å². The number of phenols is 2. The van der Waals surface area contributed by atoms with Crippen molar-refractivity contribution in [1.82, 2.24) is 0 Å². The van der Waals surface area contributed by atoms with Crippen molar-refractivity contribution in [1.29, 1.82) is 0 Å². The van der Waals surface area contributed by atoms with Crippen molar-refractivity contribution in [2.75, 3.05) is 0 Å². The molecule has 2 atom stereocenters. The molecule has 2 aromatic rings. The van der Waals surface area contributed by atoms with Crippen molar-refractivity contribution in [2.45, 2.75) is 26.1 Å². The number of allylic oxidation sites excluding steroid dienone is 1. The van der Waals surface area contributed by atoms with Crippen LogP contribution in [0.4, 0.5) is 0 Å². The maximum atomic E-state index is 10.0. The Morgan fingerprint density at radius 2 is 1.82 bits per heavy atom. The first kappa shape index (κ1) is 14.3. The lowest BCUT2D eigenvalue weighted by Crippen LogP contribution is -2.30. The van der Waals surface area contributed by atoms with Crippen LogP contribution in [0.25, 0.3) is 6.08 Å². The highest BCUT2D eigenvalue weighted by molar-refractivity contribution is 5.56. The third-order valence-corrected chi connectivity index (χ3v) is 3.64. The van der Waals surface area contributed by atoms with E-state index < -0.39 is 6.10 Å². The van der Waals surface area contributed by atoms with Crippen LogP contribution in [0.15, 0.2) is 42.5 Å². The molecule has 1 heterocycles. The summed E-state index contributed by atoms with van der Waals surface area (Å²) in [7, 11) is 0. The van der Waals surface area contributed by atoms with Gasteiger partial charge in [-0.2, -0.15) is 0 Å². The highest BCUT2D eigenvalue weighted by Gasteiger charge is 2.31. The molecule has 0 saturated carbocycles. The molecule has 4 heteroatoms. The molecule has 0 saturated heterocycles. The lowest BCUT2D eigenvalue weighted by atomic mass is 10.0. The van der Waals surface area contributed by atoms with Crippen molar-refractivity contribution in [3.05, 3.63) is 53.6 Å². The van der Waals surface area contributed by atoms with E-state index in [1.807, 2.05) is 44.2 Å². The van der Waals surface area contributed by atoms with Gasteiger partial charge in [0.25, 0.3) is 0 Å². The molecule has 0 aromatic heterocycles. The standard InChI is InChI=1S/C18H18O4/c1-3-4-12-5-8-16-17(9-12)22-18(11(2)21-16)14-7-6-13(19)10-15(14)20/h3-11,18-20H,1-2H3/b4-3+/t11-,18-/m1/s1. The number of fused-ring (bicyclic) bond motifs is 1. The fourth-order valence-corrected chi connectivity index (χ4v) is 2.59. The van der Waals surface area contributed by atoms with Crippen molar-refractivity contribution in [2.24, 2.45) is 0 Å². The van der Waals surface area contributed by atoms with Gasteiger partial charge in [-0.25, -0.2) is 0 Å². The van der Waals surface area contributed by atoms with E-state index in [-0.39, 0.29) is 17.6 Å². The summed E-state index contributed by atoms with van der Waals surface area (Å²) in [6.45, 7) is 3.84. The zero-order chi connectivity index (χ0) is 15.7. The summed E-state index contributed by atoms with van der Waals surface area (Å²) in [6.07, 6.45) is 3.25. The van der Waals surface area contributed by atoms with Crippen molar-refractivity contribution >= 4 is 6.08 Å². The summed E-state index contributed by atoms with van der Waals surface area (Å²) in [5, 5.41) is 19.5. The first-order valence-corrected chi connectivity index (χ1v) is 7.20. The minimum Gasteiger partial charge on any atom is -0.508 e. The summed E-state index contributed by atoms with van der Waals surface area (Å²) in [5.74, 6) is 1.34. The zero-order valence-electron chi connectivity index (χ0n) is 12.5. The zero-order valence-corrected chi connectivity index (χ0v) is 12.5. The molecule has 0 fully saturated rings. The van der Waals surface area contributed by atoms with Gasteiger partial charge in [-0.1, -0.05) is 18.2 Å². The average molecular weight is 298 g/mol. The summed E-state index contributed by atoms with van der Waals surface area (Å²) >= 11 is 0. The second-order valence-corrected chi connectivity index (χ2v) is 5.31. The molecular formula is C18H18O4. The molecular weight excluding hydrogens is 280 g/mol. The summed E-state index contributed by atoms with van der Waals surface area (Å²) in [6, 6.07) is 10.2. The number of ether oxygens (including phenoxy) is 2. The Morgan fingerprint density at radius 1 is 1.00 bits per heavy atom. The van der Waals surface area contributed by atoms with Crippen molar-refractivity contribution in [3.8, 4) is 23.0 Å². The van der Waals surface area contributed by atoms with E-state index in [0.29, 0.717) is 17.1 Å². The van der Waals surface area contributed by atoms with E-state index in [1.165, 1.54) is 12.1 Å². The van der Waals surface area contributed by atoms with Gasteiger partial charge >= 0.3 is 0 Å². The van der Waals surface area contributed by atoms with Gasteiger partial charge in [-0.05, 0) is 43.7 Å². The second-order valence-electron chi connectivity index (χ2n) is 5.31. The highest BCUT2D eigenvalue weighted by Crippen LogP contribution is 2.42. The molecule has 1 aliphatic rings. The van der Waals surface area contributed by atoms with E-state index in [4.69, 9.17) is 9.47 Å². The van der Waals surface area contributed by atoms with Gasteiger partial charge in [0, 0.05) is 11.6 Å². The Hall–Kier alpha value is -2.62. The molecule has 1 aliphatic heterocycles. The number of hydrogen-bond donors (Lipinski definition) is 2. The third-order valence-electron chi connectivity index (χ3n) is 3.64. The molecule has 0 spiro atoms. The van der Waals surface area contributed by atoms with E-state index >= 15 is 0 Å². The van der Waals surface area contributed by atoms with E-state index in [2.05, 4.69) is 0 Å².